The third kappa shape index (κ3) is 3.92. The standard InChI is InChI=1S/C27H32N2O2/c1-17(2)18-7-8-19(16-30)24(13-18)27-22-11-9-20(28(3)4)14-25(22)31-26-15-21(29(5)6)10-12-23(26)27/h7-17,20,22,27H,1-6H3. The summed E-state index contributed by atoms with van der Waals surface area (Å²) in [4.78, 5) is 16.3. The lowest BCUT2D eigenvalue weighted by atomic mass is 9.73. The molecule has 4 rings (SSSR count). The predicted octanol–water partition coefficient (Wildman–Crippen LogP) is 5.21. The van der Waals surface area contributed by atoms with Crippen molar-refractivity contribution in [1.29, 1.82) is 0 Å². The number of carbonyl (C=O) groups is 1. The Labute approximate surface area is 185 Å². The van der Waals surface area contributed by atoms with Crippen LogP contribution in [0.3, 0.4) is 0 Å². The molecule has 4 heteroatoms. The minimum Gasteiger partial charge on any atom is -0.461 e. The molecule has 1 aliphatic carbocycles. The van der Waals surface area contributed by atoms with Crippen molar-refractivity contribution in [1.82, 2.24) is 4.90 Å². The van der Waals surface area contributed by atoms with Crippen LogP contribution in [0.1, 0.15) is 52.7 Å². The van der Waals surface area contributed by atoms with Gasteiger partial charge in [-0.3, -0.25) is 9.69 Å². The molecular weight excluding hydrogens is 384 g/mol. The van der Waals surface area contributed by atoms with Gasteiger partial charge in [0.25, 0.3) is 0 Å². The summed E-state index contributed by atoms with van der Waals surface area (Å²) in [6.07, 6.45) is 7.68. The molecule has 4 nitrogen and oxygen atoms in total. The Hall–Kier alpha value is -2.85. The minimum absolute atomic E-state index is 0.0319. The first-order chi connectivity index (χ1) is 14.8. The lowest BCUT2D eigenvalue weighted by Gasteiger charge is -2.38. The van der Waals surface area contributed by atoms with E-state index < -0.39 is 0 Å². The van der Waals surface area contributed by atoms with E-state index >= 15 is 0 Å². The smallest absolute Gasteiger partial charge is 0.150 e. The first kappa shape index (κ1) is 21.4. The zero-order chi connectivity index (χ0) is 22.3. The number of carbonyl (C=O) groups excluding carboxylic acids is 1. The lowest BCUT2D eigenvalue weighted by molar-refractivity contribution is 0.112. The summed E-state index contributed by atoms with van der Waals surface area (Å²) in [6, 6.07) is 12.9. The Balaban J connectivity index is 1.92. The fraction of sp³-hybridized carbons (Fsp3) is 0.370. The first-order valence-corrected chi connectivity index (χ1v) is 10.9. The Morgan fingerprint density at radius 1 is 0.968 bits per heavy atom. The lowest BCUT2D eigenvalue weighted by Crippen LogP contribution is -2.32. The summed E-state index contributed by atoms with van der Waals surface area (Å²) in [7, 11) is 8.21. The maximum atomic E-state index is 12.0. The van der Waals surface area contributed by atoms with Gasteiger partial charge in [-0.2, -0.15) is 0 Å². The molecule has 0 spiro atoms. The topological polar surface area (TPSA) is 32.8 Å². The van der Waals surface area contributed by atoms with E-state index in [2.05, 4.69) is 86.3 Å². The van der Waals surface area contributed by atoms with Gasteiger partial charge in [-0.05, 0) is 43.3 Å². The van der Waals surface area contributed by atoms with Crippen LogP contribution < -0.4 is 9.64 Å². The molecule has 1 aliphatic heterocycles. The van der Waals surface area contributed by atoms with Crippen molar-refractivity contribution < 1.29 is 9.53 Å². The second kappa shape index (κ2) is 8.35. The molecule has 162 valence electrons. The highest BCUT2D eigenvalue weighted by Crippen LogP contribution is 2.49. The molecule has 1 heterocycles. The van der Waals surface area contributed by atoms with Crippen molar-refractivity contribution >= 4 is 12.0 Å². The molecule has 0 radical (unpaired) electrons. The second-order valence-corrected chi connectivity index (χ2v) is 9.29. The van der Waals surface area contributed by atoms with E-state index in [1.807, 2.05) is 20.2 Å². The van der Waals surface area contributed by atoms with Crippen LogP contribution in [-0.4, -0.2) is 45.4 Å². The van der Waals surface area contributed by atoms with E-state index in [1.165, 1.54) is 5.56 Å². The van der Waals surface area contributed by atoms with Gasteiger partial charge in [0, 0.05) is 54.9 Å². The fourth-order valence-corrected chi connectivity index (χ4v) is 4.52. The van der Waals surface area contributed by atoms with Crippen LogP contribution in [0.15, 0.2) is 60.4 Å². The number of fused-ring (bicyclic) bond motifs is 2. The van der Waals surface area contributed by atoms with Crippen LogP contribution in [0.5, 0.6) is 5.75 Å². The SMILES string of the molecule is CC(C)c1ccc(C=O)c(C2c3ccc(N(C)C)cc3OC3=CC(N(C)C)C=CC32)c1. The number of aldehydes is 1. The number of likely N-dealkylation sites (N-methyl/N-ethyl adjacent to an activating group) is 1. The number of ether oxygens (including phenoxy) is 1. The predicted molar refractivity (Wildman–Crippen MR) is 127 cm³/mol. The number of rotatable bonds is 5. The normalized spacial score (nSPS) is 21.9. The molecule has 0 bridgehead atoms. The van der Waals surface area contributed by atoms with Crippen molar-refractivity contribution in [2.45, 2.75) is 31.7 Å². The maximum absolute atomic E-state index is 12.0. The van der Waals surface area contributed by atoms with Crippen molar-refractivity contribution in [3.05, 3.63) is 82.6 Å². The molecule has 3 atom stereocenters. The Morgan fingerprint density at radius 3 is 2.39 bits per heavy atom. The van der Waals surface area contributed by atoms with Crippen LogP contribution in [0.25, 0.3) is 0 Å². The largest absolute Gasteiger partial charge is 0.461 e. The number of benzene rings is 2. The summed E-state index contributed by atoms with van der Waals surface area (Å²) in [5.74, 6) is 2.32. The second-order valence-electron chi connectivity index (χ2n) is 9.29. The van der Waals surface area contributed by atoms with Crippen molar-refractivity contribution in [2.75, 3.05) is 33.1 Å². The highest BCUT2D eigenvalue weighted by molar-refractivity contribution is 5.79. The third-order valence-corrected chi connectivity index (χ3v) is 6.45. The van der Waals surface area contributed by atoms with Gasteiger partial charge in [-0.1, -0.05) is 50.3 Å². The molecule has 31 heavy (non-hydrogen) atoms. The molecule has 0 saturated carbocycles. The van der Waals surface area contributed by atoms with E-state index in [0.29, 0.717) is 5.92 Å². The van der Waals surface area contributed by atoms with Crippen molar-refractivity contribution in [3.8, 4) is 5.75 Å². The number of anilines is 1. The third-order valence-electron chi connectivity index (χ3n) is 6.45. The zero-order valence-corrected chi connectivity index (χ0v) is 19.3. The molecule has 2 aliphatic rings. The van der Waals surface area contributed by atoms with Crippen molar-refractivity contribution in [3.63, 3.8) is 0 Å². The molecule has 0 aromatic heterocycles. The van der Waals surface area contributed by atoms with Crippen LogP contribution >= 0.6 is 0 Å². The molecule has 0 fully saturated rings. The average Bonchev–Trinajstić information content (AvgIpc) is 2.75. The highest BCUT2D eigenvalue weighted by Gasteiger charge is 2.38. The average molecular weight is 417 g/mol. The van der Waals surface area contributed by atoms with Crippen LogP contribution in [0, 0.1) is 5.92 Å². The summed E-state index contributed by atoms with van der Waals surface area (Å²) in [5.41, 5.74) is 5.30. The fourth-order valence-electron chi connectivity index (χ4n) is 4.52. The number of allylic oxidation sites excluding steroid dienone is 1. The van der Waals surface area contributed by atoms with Gasteiger partial charge in [0.2, 0.25) is 0 Å². The van der Waals surface area contributed by atoms with Gasteiger partial charge >= 0.3 is 0 Å². The quantitative estimate of drug-likeness (QED) is 0.495. The molecule has 0 amide bonds. The molecule has 2 aromatic rings. The van der Waals surface area contributed by atoms with Crippen molar-refractivity contribution in [2.24, 2.45) is 5.92 Å². The minimum atomic E-state index is 0.0319. The van der Waals surface area contributed by atoms with Gasteiger partial charge < -0.3 is 9.64 Å². The molecule has 2 aromatic carbocycles. The van der Waals surface area contributed by atoms with Gasteiger partial charge in [0.15, 0.2) is 0 Å². The Kier molecular flexibility index (Phi) is 5.76. The number of nitrogens with zero attached hydrogens (tertiary/aromatic N) is 2. The van der Waals surface area contributed by atoms with Crippen LogP contribution in [0.2, 0.25) is 0 Å². The Morgan fingerprint density at radius 2 is 1.74 bits per heavy atom. The van der Waals surface area contributed by atoms with E-state index in [9.17, 15) is 4.79 Å². The molecular formula is C27H32N2O2. The summed E-state index contributed by atoms with van der Waals surface area (Å²) < 4.78 is 6.48. The zero-order valence-electron chi connectivity index (χ0n) is 19.3. The van der Waals surface area contributed by atoms with Gasteiger partial charge in [0.1, 0.15) is 17.8 Å². The summed E-state index contributed by atoms with van der Waals surface area (Å²) in [6.45, 7) is 4.38. The molecule has 0 N–H and O–H groups in total. The highest BCUT2D eigenvalue weighted by atomic mass is 16.5. The van der Waals surface area contributed by atoms with E-state index in [1.54, 1.807) is 0 Å². The van der Waals surface area contributed by atoms with E-state index in [4.69, 9.17) is 4.74 Å². The monoisotopic (exact) mass is 416 g/mol. The van der Waals surface area contributed by atoms with E-state index in [-0.39, 0.29) is 17.9 Å². The summed E-state index contributed by atoms with van der Waals surface area (Å²) >= 11 is 0. The van der Waals surface area contributed by atoms with Crippen LogP contribution in [0.4, 0.5) is 5.69 Å². The summed E-state index contributed by atoms with van der Waals surface area (Å²) in [5, 5.41) is 0. The number of hydrogen-bond donors (Lipinski definition) is 0. The van der Waals surface area contributed by atoms with E-state index in [0.717, 1.165) is 40.2 Å². The Bertz CT molecular complexity index is 1050. The van der Waals surface area contributed by atoms with Gasteiger partial charge in [-0.15, -0.1) is 0 Å². The van der Waals surface area contributed by atoms with Crippen LogP contribution in [-0.2, 0) is 0 Å². The first-order valence-electron chi connectivity index (χ1n) is 10.9. The van der Waals surface area contributed by atoms with Gasteiger partial charge in [-0.25, -0.2) is 0 Å². The number of hydrogen-bond acceptors (Lipinski definition) is 4. The molecule has 0 saturated heterocycles. The maximum Gasteiger partial charge on any atom is 0.150 e. The van der Waals surface area contributed by atoms with Gasteiger partial charge in [0.05, 0.1) is 0 Å². The molecule has 3 unspecified atom stereocenters.